The zero-order valence-electron chi connectivity index (χ0n) is 12.3. The van der Waals surface area contributed by atoms with E-state index in [0.29, 0.717) is 23.2 Å². The molecule has 2 fully saturated rings. The number of benzene rings is 1. The van der Waals surface area contributed by atoms with Gasteiger partial charge in [0.1, 0.15) is 5.82 Å². The molecule has 2 heterocycles. The molecule has 5 heteroatoms. The highest BCUT2D eigenvalue weighted by molar-refractivity contribution is 6.30. The molecule has 2 aliphatic rings. The maximum absolute atomic E-state index is 14.1. The Morgan fingerprint density at radius 3 is 2.95 bits per heavy atom. The molecule has 3 nitrogen and oxygen atoms in total. The molecule has 116 valence electrons. The molecule has 1 aromatic carbocycles. The van der Waals surface area contributed by atoms with Crippen molar-refractivity contribution >= 4 is 11.6 Å². The lowest BCUT2D eigenvalue weighted by molar-refractivity contribution is 0.0279. The maximum atomic E-state index is 14.1. The molecule has 0 aliphatic carbocycles. The number of hydrogen-bond donors (Lipinski definition) is 1. The summed E-state index contributed by atoms with van der Waals surface area (Å²) >= 11 is 6.03. The first-order valence-electron chi connectivity index (χ1n) is 7.82. The Labute approximate surface area is 130 Å². The summed E-state index contributed by atoms with van der Waals surface area (Å²) in [6, 6.07) is 5.28. The van der Waals surface area contributed by atoms with Gasteiger partial charge in [-0.15, -0.1) is 0 Å². The van der Waals surface area contributed by atoms with Crippen LogP contribution >= 0.6 is 11.6 Å². The molecule has 2 unspecified atom stereocenters. The van der Waals surface area contributed by atoms with E-state index in [1.54, 1.807) is 12.1 Å². The highest BCUT2D eigenvalue weighted by Crippen LogP contribution is 2.29. The maximum Gasteiger partial charge on any atom is 0.128 e. The molecular weight excluding hydrogens is 289 g/mol. The lowest BCUT2D eigenvalue weighted by atomic mass is 9.96. The second-order valence-corrected chi connectivity index (χ2v) is 6.53. The van der Waals surface area contributed by atoms with E-state index in [1.165, 1.54) is 31.9 Å². The Balaban J connectivity index is 1.78. The molecule has 21 heavy (non-hydrogen) atoms. The summed E-state index contributed by atoms with van der Waals surface area (Å²) in [6.45, 7) is 4.61. The van der Waals surface area contributed by atoms with E-state index in [1.807, 2.05) is 0 Å². The molecular formula is C16H23ClFN3. The van der Waals surface area contributed by atoms with Crippen LogP contribution in [-0.4, -0.2) is 48.6 Å². The number of piperazine rings is 1. The second-order valence-electron chi connectivity index (χ2n) is 6.10. The SMILES string of the molecule is NCC(c1cc(Cl)ccc1F)N1CCN2CCCCC2C1. The smallest absolute Gasteiger partial charge is 0.128 e. The van der Waals surface area contributed by atoms with Crippen molar-refractivity contribution in [2.45, 2.75) is 31.3 Å². The van der Waals surface area contributed by atoms with Crippen LogP contribution in [0, 0.1) is 5.82 Å². The molecule has 2 atom stereocenters. The highest BCUT2D eigenvalue weighted by atomic mass is 35.5. The van der Waals surface area contributed by atoms with Gasteiger partial charge >= 0.3 is 0 Å². The van der Waals surface area contributed by atoms with Gasteiger partial charge in [0.05, 0.1) is 6.04 Å². The first-order chi connectivity index (χ1) is 10.2. The molecule has 1 aromatic rings. The predicted octanol–water partition coefficient (Wildman–Crippen LogP) is 2.65. The average molecular weight is 312 g/mol. The van der Waals surface area contributed by atoms with E-state index >= 15 is 0 Å². The highest BCUT2D eigenvalue weighted by Gasteiger charge is 2.33. The van der Waals surface area contributed by atoms with Crippen molar-refractivity contribution in [3.8, 4) is 0 Å². The van der Waals surface area contributed by atoms with Crippen molar-refractivity contribution in [1.82, 2.24) is 9.80 Å². The number of fused-ring (bicyclic) bond motifs is 1. The molecule has 0 spiro atoms. The summed E-state index contributed by atoms with van der Waals surface area (Å²) in [5.74, 6) is -0.207. The number of hydrogen-bond acceptors (Lipinski definition) is 3. The first kappa shape index (κ1) is 15.2. The summed E-state index contributed by atoms with van der Waals surface area (Å²) in [5.41, 5.74) is 6.59. The van der Waals surface area contributed by atoms with Gasteiger partial charge < -0.3 is 5.73 Å². The number of nitrogens with zero attached hydrogens (tertiary/aromatic N) is 2. The fourth-order valence-electron chi connectivity index (χ4n) is 3.71. The van der Waals surface area contributed by atoms with Crippen molar-refractivity contribution in [3.63, 3.8) is 0 Å². The largest absolute Gasteiger partial charge is 0.329 e. The van der Waals surface area contributed by atoms with E-state index in [-0.39, 0.29) is 11.9 Å². The Bertz CT molecular complexity index is 496. The summed E-state index contributed by atoms with van der Waals surface area (Å²) in [7, 11) is 0. The van der Waals surface area contributed by atoms with Gasteiger partial charge in [0.15, 0.2) is 0 Å². The van der Waals surface area contributed by atoms with Crippen LogP contribution in [0.3, 0.4) is 0 Å². The van der Waals surface area contributed by atoms with Crippen LogP contribution in [0.25, 0.3) is 0 Å². The minimum atomic E-state index is -0.207. The Morgan fingerprint density at radius 2 is 2.14 bits per heavy atom. The first-order valence-corrected chi connectivity index (χ1v) is 8.20. The van der Waals surface area contributed by atoms with E-state index in [0.717, 1.165) is 19.6 Å². The minimum Gasteiger partial charge on any atom is -0.329 e. The third kappa shape index (κ3) is 3.24. The van der Waals surface area contributed by atoms with Gasteiger partial charge in [-0.1, -0.05) is 18.0 Å². The van der Waals surface area contributed by atoms with Crippen LogP contribution in [0.4, 0.5) is 4.39 Å². The summed E-state index contributed by atoms with van der Waals surface area (Å²) in [5, 5.41) is 0.571. The molecule has 3 rings (SSSR count). The zero-order chi connectivity index (χ0) is 14.8. The molecule has 0 amide bonds. The fraction of sp³-hybridized carbons (Fsp3) is 0.625. The average Bonchev–Trinajstić information content (AvgIpc) is 2.51. The van der Waals surface area contributed by atoms with Gasteiger partial charge in [0.2, 0.25) is 0 Å². The molecule has 2 aliphatic heterocycles. The zero-order valence-corrected chi connectivity index (χ0v) is 13.0. The number of halogens is 2. The predicted molar refractivity (Wildman–Crippen MR) is 84.0 cm³/mol. The van der Waals surface area contributed by atoms with Crippen LogP contribution in [0.15, 0.2) is 18.2 Å². The lowest BCUT2D eigenvalue weighted by Crippen LogP contribution is -2.56. The Morgan fingerprint density at radius 1 is 1.29 bits per heavy atom. The molecule has 2 saturated heterocycles. The van der Waals surface area contributed by atoms with Gasteiger partial charge in [-0.2, -0.15) is 0 Å². The quantitative estimate of drug-likeness (QED) is 0.931. The van der Waals surface area contributed by atoms with Crippen molar-refractivity contribution in [2.24, 2.45) is 5.73 Å². The lowest BCUT2D eigenvalue weighted by Gasteiger charge is -2.46. The van der Waals surface area contributed by atoms with Crippen LogP contribution in [0.2, 0.25) is 5.02 Å². The molecule has 0 saturated carbocycles. The fourth-order valence-corrected chi connectivity index (χ4v) is 3.89. The van der Waals surface area contributed by atoms with Crippen LogP contribution in [0.1, 0.15) is 30.9 Å². The minimum absolute atomic E-state index is 0.0761. The topological polar surface area (TPSA) is 32.5 Å². The Kier molecular flexibility index (Phi) is 4.79. The van der Waals surface area contributed by atoms with E-state index in [4.69, 9.17) is 17.3 Å². The number of nitrogens with two attached hydrogens (primary N) is 1. The molecule has 2 N–H and O–H groups in total. The van der Waals surface area contributed by atoms with E-state index < -0.39 is 0 Å². The third-order valence-corrected chi connectivity index (χ3v) is 5.08. The number of piperidine rings is 1. The van der Waals surface area contributed by atoms with Gasteiger partial charge in [-0.05, 0) is 37.6 Å². The van der Waals surface area contributed by atoms with Crippen LogP contribution in [0.5, 0.6) is 0 Å². The van der Waals surface area contributed by atoms with Crippen molar-refractivity contribution in [1.29, 1.82) is 0 Å². The summed E-state index contributed by atoms with van der Waals surface area (Å²) in [6.07, 6.45) is 3.85. The standard InChI is InChI=1S/C16H23ClFN3/c17-12-4-5-15(18)14(9-12)16(10-19)21-8-7-20-6-2-1-3-13(20)11-21/h4-5,9,13,16H,1-3,6-8,10-11,19H2. The molecule has 0 aromatic heterocycles. The van der Waals surface area contributed by atoms with Gasteiger partial charge in [0, 0.05) is 42.8 Å². The van der Waals surface area contributed by atoms with E-state index in [2.05, 4.69) is 9.80 Å². The van der Waals surface area contributed by atoms with Crippen LogP contribution < -0.4 is 5.73 Å². The van der Waals surface area contributed by atoms with Crippen molar-refractivity contribution in [3.05, 3.63) is 34.6 Å². The van der Waals surface area contributed by atoms with Crippen molar-refractivity contribution < 1.29 is 4.39 Å². The van der Waals surface area contributed by atoms with Gasteiger partial charge in [0.25, 0.3) is 0 Å². The Hall–Kier alpha value is -0.680. The van der Waals surface area contributed by atoms with Crippen LogP contribution in [-0.2, 0) is 0 Å². The normalized spacial score (nSPS) is 25.6. The second kappa shape index (κ2) is 6.61. The van der Waals surface area contributed by atoms with Gasteiger partial charge in [-0.3, -0.25) is 9.80 Å². The van der Waals surface area contributed by atoms with E-state index in [9.17, 15) is 4.39 Å². The third-order valence-electron chi connectivity index (χ3n) is 4.85. The van der Waals surface area contributed by atoms with Crippen molar-refractivity contribution in [2.75, 3.05) is 32.7 Å². The van der Waals surface area contributed by atoms with Gasteiger partial charge in [-0.25, -0.2) is 4.39 Å². The summed E-state index contributed by atoms with van der Waals surface area (Å²) in [4.78, 5) is 4.91. The summed E-state index contributed by atoms with van der Waals surface area (Å²) < 4.78 is 14.1. The molecule has 0 radical (unpaired) electrons. The monoisotopic (exact) mass is 311 g/mol. The molecule has 0 bridgehead atoms. The number of rotatable bonds is 3.